The first-order valence-electron chi connectivity index (χ1n) is 5.04. The molecule has 1 N–H and O–H groups in total. The predicted octanol–water partition coefficient (Wildman–Crippen LogP) is 4.37. The van der Waals surface area contributed by atoms with Gasteiger partial charge in [-0.3, -0.25) is 0 Å². The van der Waals surface area contributed by atoms with Crippen LogP contribution < -0.4 is 0 Å². The number of rotatable bonds is 4. The number of aromatic amines is 1. The smallest absolute Gasteiger partial charge is 0.0461 e. The molecule has 0 aliphatic heterocycles. The average Bonchev–Trinajstić information content (AvgIpc) is 2.56. The first-order chi connectivity index (χ1) is 7.28. The van der Waals surface area contributed by atoms with E-state index in [1.54, 1.807) is 0 Å². The fourth-order valence-electron chi connectivity index (χ4n) is 1.61. The maximum absolute atomic E-state index is 3.83. The summed E-state index contributed by atoms with van der Waals surface area (Å²) < 4.78 is 0. The van der Waals surface area contributed by atoms with Crippen LogP contribution in [-0.4, -0.2) is 4.98 Å². The van der Waals surface area contributed by atoms with Gasteiger partial charge in [0.25, 0.3) is 0 Å². The van der Waals surface area contributed by atoms with E-state index in [0.29, 0.717) is 0 Å². The summed E-state index contributed by atoms with van der Waals surface area (Å²) in [5.74, 6) is 0. The normalized spacial score (nSPS) is 11.3. The molecular weight excluding hydrogens is 182 g/mol. The molecule has 0 spiro atoms. The molecule has 0 aromatic carbocycles. The molecule has 1 heteroatoms. The third-order valence-electron chi connectivity index (χ3n) is 2.21. The monoisotopic (exact) mass is 199 g/mol. The van der Waals surface area contributed by atoms with Gasteiger partial charge in [0.05, 0.1) is 0 Å². The Morgan fingerprint density at radius 1 is 0.867 bits per heavy atom. The van der Waals surface area contributed by atoms with E-state index in [1.165, 1.54) is 0 Å². The lowest BCUT2D eigenvalue weighted by molar-refractivity contribution is 1.33. The molecule has 0 atom stereocenters. The molecule has 0 saturated carbocycles. The van der Waals surface area contributed by atoms with Crippen LogP contribution in [-0.2, 0) is 0 Å². The van der Waals surface area contributed by atoms with Crippen LogP contribution in [0.5, 0.6) is 0 Å². The zero-order chi connectivity index (χ0) is 11.3. The summed E-state index contributed by atoms with van der Waals surface area (Å²) in [5.41, 5.74) is 4.37. The van der Waals surface area contributed by atoms with Crippen molar-refractivity contribution in [2.45, 2.75) is 13.8 Å². The number of hydrogen-bond acceptors (Lipinski definition) is 0. The van der Waals surface area contributed by atoms with Crippen molar-refractivity contribution in [3.63, 3.8) is 0 Å². The molecule has 1 heterocycles. The fourth-order valence-corrected chi connectivity index (χ4v) is 1.61. The Balaban J connectivity index is 3.42. The van der Waals surface area contributed by atoms with Gasteiger partial charge in [0, 0.05) is 22.5 Å². The summed E-state index contributed by atoms with van der Waals surface area (Å²) in [7, 11) is 0. The van der Waals surface area contributed by atoms with E-state index in [-0.39, 0.29) is 0 Å². The van der Waals surface area contributed by atoms with Crippen LogP contribution in [0.15, 0.2) is 25.3 Å². The SMILES string of the molecule is C=Cc1c(/C=C\C)[nH]c(/C=C\C)c1C=C. The van der Waals surface area contributed by atoms with E-state index in [4.69, 9.17) is 0 Å². The molecule has 0 aliphatic carbocycles. The quantitative estimate of drug-likeness (QED) is 0.741. The highest BCUT2D eigenvalue weighted by Crippen LogP contribution is 2.23. The third-order valence-corrected chi connectivity index (χ3v) is 2.21. The molecule has 1 nitrogen and oxygen atoms in total. The van der Waals surface area contributed by atoms with Gasteiger partial charge in [0.2, 0.25) is 0 Å². The van der Waals surface area contributed by atoms with Crippen LogP contribution in [0.3, 0.4) is 0 Å². The Morgan fingerprint density at radius 2 is 1.27 bits per heavy atom. The lowest BCUT2D eigenvalue weighted by Crippen LogP contribution is -1.76. The van der Waals surface area contributed by atoms with Crippen LogP contribution in [0.1, 0.15) is 36.4 Å². The standard InChI is InChI=1S/C14H17N/c1-5-9-13-11(7-3)12(8-4)14(15-13)10-6-2/h5-10,15H,3-4H2,1-2H3/b9-5-,10-6-. The molecule has 78 valence electrons. The van der Waals surface area contributed by atoms with E-state index in [0.717, 1.165) is 22.5 Å². The van der Waals surface area contributed by atoms with Crippen molar-refractivity contribution in [1.29, 1.82) is 0 Å². The van der Waals surface area contributed by atoms with E-state index in [2.05, 4.69) is 18.1 Å². The Hall–Kier alpha value is -1.76. The van der Waals surface area contributed by atoms with Gasteiger partial charge in [-0.05, 0) is 26.0 Å². The number of aromatic nitrogens is 1. The Bertz CT molecular complexity index is 378. The molecule has 1 aromatic heterocycles. The van der Waals surface area contributed by atoms with E-state index in [1.807, 2.05) is 50.3 Å². The van der Waals surface area contributed by atoms with Crippen LogP contribution in [0.25, 0.3) is 24.3 Å². The summed E-state index contributed by atoms with van der Waals surface area (Å²) in [5, 5.41) is 0. The summed E-state index contributed by atoms with van der Waals surface area (Å²) >= 11 is 0. The molecule has 1 rings (SSSR count). The minimum absolute atomic E-state index is 1.08. The lowest BCUT2D eigenvalue weighted by atomic mass is 10.1. The van der Waals surface area contributed by atoms with Crippen LogP contribution in [0, 0.1) is 0 Å². The summed E-state index contributed by atoms with van der Waals surface area (Å²) in [6.45, 7) is 11.7. The second-order valence-corrected chi connectivity index (χ2v) is 3.19. The Labute approximate surface area is 91.5 Å². The van der Waals surface area contributed by atoms with Crippen molar-refractivity contribution >= 4 is 24.3 Å². The largest absolute Gasteiger partial charge is 0.355 e. The fraction of sp³-hybridized carbons (Fsp3) is 0.143. The van der Waals surface area contributed by atoms with Gasteiger partial charge >= 0.3 is 0 Å². The first kappa shape index (κ1) is 11.3. The topological polar surface area (TPSA) is 15.8 Å². The average molecular weight is 199 g/mol. The van der Waals surface area contributed by atoms with Gasteiger partial charge in [0.15, 0.2) is 0 Å². The molecule has 0 fully saturated rings. The molecule has 0 unspecified atom stereocenters. The highest BCUT2D eigenvalue weighted by molar-refractivity contribution is 5.77. The third kappa shape index (κ3) is 2.18. The Morgan fingerprint density at radius 3 is 1.53 bits per heavy atom. The molecule has 0 amide bonds. The first-order valence-corrected chi connectivity index (χ1v) is 5.04. The van der Waals surface area contributed by atoms with Crippen molar-refractivity contribution < 1.29 is 0 Å². The van der Waals surface area contributed by atoms with Crippen molar-refractivity contribution in [3.05, 3.63) is 47.8 Å². The number of nitrogens with one attached hydrogen (secondary N) is 1. The highest BCUT2D eigenvalue weighted by Gasteiger charge is 2.08. The molecule has 0 aliphatic rings. The zero-order valence-electron chi connectivity index (χ0n) is 9.38. The van der Waals surface area contributed by atoms with Gasteiger partial charge < -0.3 is 4.98 Å². The number of allylic oxidation sites excluding steroid dienone is 2. The lowest BCUT2D eigenvalue weighted by Gasteiger charge is -1.94. The summed E-state index contributed by atoms with van der Waals surface area (Å²) in [6.07, 6.45) is 11.8. The van der Waals surface area contributed by atoms with Gasteiger partial charge in [-0.1, -0.05) is 37.5 Å². The zero-order valence-corrected chi connectivity index (χ0v) is 9.38. The molecule has 0 radical (unpaired) electrons. The van der Waals surface area contributed by atoms with Crippen molar-refractivity contribution in [3.8, 4) is 0 Å². The molecule has 0 saturated heterocycles. The van der Waals surface area contributed by atoms with Gasteiger partial charge in [0.1, 0.15) is 0 Å². The molecule has 15 heavy (non-hydrogen) atoms. The van der Waals surface area contributed by atoms with E-state index in [9.17, 15) is 0 Å². The summed E-state index contributed by atoms with van der Waals surface area (Å²) in [4.78, 5) is 3.34. The van der Waals surface area contributed by atoms with Gasteiger partial charge in [-0.25, -0.2) is 0 Å². The maximum Gasteiger partial charge on any atom is 0.0461 e. The molecular formula is C14H17N. The maximum atomic E-state index is 3.83. The second-order valence-electron chi connectivity index (χ2n) is 3.19. The predicted molar refractivity (Wildman–Crippen MR) is 70.4 cm³/mol. The van der Waals surface area contributed by atoms with Gasteiger partial charge in [-0.2, -0.15) is 0 Å². The Kier molecular flexibility index (Phi) is 3.92. The highest BCUT2D eigenvalue weighted by atomic mass is 14.7. The van der Waals surface area contributed by atoms with Crippen LogP contribution in [0.2, 0.25) is 0 Å². The van der Waals surface area contributed by atoms with E-state index < -0.39 is 0 Å². The van der Waals surface area contributed by atoms with Gasteiger partial charge in [-0.15, -0.1) is 0 Å². The molecule has 1 aromatic rings. The minimum atomic E-state index is 1.08. The minimum Gasteiger partial charge on any atom is -0.355 e. The number of H-pyrrole nitrogens is 1. The van der Waals surface area contributed by atoms with Crippen LogP contribution >= 0.6 is 0 Å². The van der Waals surface area contributed by atoms with Crippen molar-refractivity contribution in [2.24, 2.45) is 0 Å². The van der Waals surface area contributed by atoms with E-state index >= 15 is 0 Å². The van der Waals surface area contributed by atoms with Crippen LogP contribution in [0.4, 0.5) is 0 Å². The number of hydrogen-bond donors (Lipinski definition) is 1. The van der Waals surface area contributed by atoms with Crippen molar-refractivity contribution in [1.82, 2.24) is 4.98 Å². The second kappa shape index (κ2) is 5.20. The molecule has 0 bridgehead atoms. The summed E-state index contributed by atoms with van der Waals surface area (Å²) in [6, 6.07) is 0. The van der Waals surface area contributed by atoms with Crippen molar-refractivity contribution in [2.75, 3.05) is 0 Å².